The van der Waals surface area contributed by atoms with E-state index in [-0.39, 0.29) is 10.6 Å². The molecule has 0 atom stereocenters. The molecule has 0 spiro atoms. The number of sulfone groups is 1. The highest BCUT2D eigenvalue weighted by atomic mass is 32.2. The van der Waals surface area contributed by atoms with Crippen molar-refractivity contribution in [2.24, 2.45) is 0 Å². The SMILES string of the molecule is CC(C)c1nc(CNc2ccc([N+](=O)[O-])cc2S(C)(=O)=O)cs1. The van der Waals surface area contributed by atoms with Gasteiger partial charge in [0.15, 0.2) is 9.84 Å². The molecule has 7 nitrogen and oxygen atoms in total. The van der Waals surface area contributed by atoms with Gasteiger partial charge in [-0.2, -0.15) is 0 Å². The maximum absolute atomic E-state index is 11.9. The van der Waals surface area contributed by atoms with E-state index < -0.39 is 14.8 Å². The summed E-state index contributed by atoms with van der Waals surface area (Å²) in [6.45, 7) is 4.45. The summed E-state index contributed by atoms with van der Waals surface area (Å²) in [6.07, 6.45) is 1.02. The lowest BCUT2D eigenvalue weighted by atomic mass is 10.2. The molecule has 1 heterocycles. The van der Waals surface area contributed by atoms with E-state index in [1.165, 1.54) is 12.1 Å². The fraction of sp³-hybridized carbons (Fsp3) is 0.357. The molecule has 0 bridgehead atoms. The lowest BCUT2D eigenvalue weighted by Crippen LogP contribution is -2.07. The Morgan fingerprint density at radius 1 is 1.39 bits per heavy atom. The zero-order chi connectivity index (χ0) is 17.2. The summed E-state index contributed by atoms with van der Waals surface area (Å²) in [5.41, 5.74) is 0.875. The first-order valence-electron chi connectivity index (χ1n) is 6.85. The quantitative estimate of drug-likeness (QED) is 0.630. The van der Waals surface area contributed by atoms with E-state index in [1.54, 1.807) is 11.3 Å². The minimum atomic E-state index is -3.59. The molecule has 0 unspecified atom stereocenters. The third kappa shape index (κ3) is 4.26. The molecule has 0 saturated heterocycles. The van der Waals surface area contributed by atoms with E-state index in [1.807, 2.05) is 19.2 Å². The highest BCUT2D eigenvalue weighted by Gasteiger charge is 2.18. The number of hydrogen-bond acceptors (Lipinski definition) is 7. The number of thiazole rings is 1. The Morgan fingerprint density at radius 3 is 2.61 bits per heavy atom. The summed E-state index contributed by atoms with van der Waals surface area (Å²) < 4.78 is 23.7. The predicted molar refractivity (Wildman–Crippen MR) is 89.7 cm³/mol. The van der Waals surface area contributed by atoms with Gasteiger partial charge in [-0.3, -0.25) is 10.1 Å². The van der Waals surface area contributed by atoms with Crippen molar-refractivity contribution in [3.05, 3.63) is 44.4 Å². The summed E-state index contributed by atoms with van der Waals surface area (Å²) >= 11 is 1.55. The molecule has 1 aromatic carbocycles. The van der Waals surface area contributed by atoms with Crippen molar-refractivity contribution >= 4 is 32.5 Å². The monoisotopic (exact) mass is 355 g/mol. The number of benzene rings is 1. The number of nitro benzene ring substituents is 1. The number of nitrogens with one attached hydrogen (secondary N) is 1. The average molecular weight is 355 g/mol. The van der Waals surface area contributed by atoms with Crippen LogP contribution in [0.4, 0.5) is 11.4 Å². The first-order valence-corrected chi connectivity index (χ1v) is 9.62. The molecule has 0 aliphatic carbocycles. The number of nitro groups is 1. The lowest BCUT2D eigenvalue weighted by Gasteiger charge is -2.09. The third-order valence-corrected chi connectivity index (χ3v) is 5.43. The molecule has 1 N–H and O–H groups in total. The summed E-state index contributed by atoms with van der Waals surface area (Å²) in [5.74, 6) is 0.333. The number of rotatable bonds is 6. The highest BCUT2D eigenvalue weighted by molar-refractivity contribution is 7.90. The zero-order valence-corrected chi connectivity index (χ0v) is 14.6. The molecule has 0 aliphatic rings. The van der Waals surface area contributed by atoms with Crippen LogP contribution in [0.15, 0.2) is 28.5 Å². The maximum Gasteiger partial charge on any atom is 0.270 e. The Morgan fingerprint density at radius 2 is 2.09 bits per heavy atom. The van der Waals surface area contributed by atoms with Gasteiger partial charge in [0.1, 0.15) is 0 Å². The molecule has 0 aliphatic heterocycles. The fourth-order valence-corrected chi connectivity index (χ4v) is 3.64. The van der Waals surface area contributed by atoms with Crippen molar-refractivity contribution in [2.75, 3.05) is 11.6 Å². The molecule has 9 heteroatoms. The summed E-state index contributed by atoms with van der Waals surface area (Å²) in [5, 5.41) is 16.7. The molecule has 0 amide bonds. The van der Waals surface area contributed by atoms with Crippen LogP contribution < -0.4 is 5.32 Å². The van der Waals surface area contributed by atoms with Crippen molar-refractivity contribution < 1.29 is 13.3 Å². The Hall–Kier alpha value is -2.00. The van der Waals surface area contributed by atoms with Crippen LogP contribution in [0.1, 0.15) is 30.5 Å². The Balaban J connectivity index is 2.26. The fourth-order valence-electron chi connectivity index (χ4n) is 1.93. The van der Waals surface area contributed by atoms with Gasteiger partial charge in [-0.05, 0) is 6.07 Å². The standard InChI is InChI=1S/C14H17N3O4S2/c1-9(2)14-16-10(8-22-14)7-15-12-5-4-11(17(18)19)6-13(12)23(3,20)21/h4-6,8-9,15H,7H2,1-3H3. The summed E-state index contributed by atoms with van der Waals surface area (Å²) in [4.78, 5) is 14.6. The van der Waals surface area contributed by atoms with E-state index in [0.29, 0.717) is 18.2 Å². The Kier molecular flexibility index (Phi) is 5.00. The second-order valence-electron chi connectivity index (χ2n) is 5.40. The van der Waals surface area contributed by atoms with E-state index >= 15 is 0 Å². The van der Waals surface area contributed by atoms with E-state index in [4.69, 9.17) is 0 Å². The molecule has 2 rings (SSSR count). The van der Waals surface area contributed by atoms with Crippen LogP contribution in [0, 0.1) is 10.1 Å². The molecule has 0 saturated carbocycles. The first kappa shape index (κ1) is 17.4. The van der Waals surface area contributed by atoms with Crippen molar-refractivity contribution in [1.29, 1.82) is 0 Å². The van der Waals surface area contributed by atoms with E-state index in [9.17, 15) is 18.5 Å². The lowest BCUT2D eigenvalue weighted by molar-refractivity contribution is -0.385. The van der Waals surface area contributed by atoms with Gasteiger partial charge in [0.2, 0.25) is 0 Å². The Bertz CT molecular complexity index is 828. The highest BCUT2D eigenvalue weighted by Crippen LogP contribution is 2.27. The van der Waals surface area contributed by atoms with Gasteiger partial charge in [0.05, 0.1) is 32.8 Å². The topological polar surface area (TPSA) is 102 Å². The van der Waals surface area contributed by atoms with Crippen LogP contribution in [0.2, 0.25) is 0 Å². The predicted octanol–water partition coefficient (Wildman–Crippen LogP) is 3.19. The third-order valence-electron chi connectivity index (χ3n) is 3.10. The molecular formula is C14H17N3O4S2. The van der Waals surface area contributed by atoms with Gasteiger partial charge in [-0.25, -0.2) is 13.4 Å². The molecule has 1 aromatic heterocycles. The summed E-state index contributed by atoms with van der Waals surface area (Å²) in [7, 11) is -3.59. The number of anilines is 1. The van der Waals surface area contributed by atoms with Gasteiger partial charge >= 0.3 is 0 Å². The number of non-ortho nitro benzene ring substituents is 1. The van der Waals surface area contributed by atoms with Crippen LogP contribution in [0.3, 0.4) is 0 Å². The first-order chi connectivity index (χ1) is 10.7. The molecule has 124 valence electrons. The number of aromatic nitrogens is 1. The Labute approximate surface area is 138 Å². The second kappa shape index (κ2) is 6.63. The van der Waals surface area contributed by atoms with Gasteiger partial charge in [0, 0.05) is 29.7 Å². The smallest absolute Gasteiger partial charge is 0.270 e. The number of hydrogen-bond donors (Lipinski definition) is 1. The van der Waals surface area contributed by atoms with Crippen molar-refractivity contribution in [1.82, 2.24) is 4.98 Å². The van der Waals surface area contributed by atoms with Gasteiger partial charge in [0.25, 0.3) is 5.69 Å². The van der Waals surface area contributed by atoms with Gasteiger partial charge in [-0.1, -0.05) is 13.8 Å². The van der Waals surface area contributed by atoms with Crippen LogP contribution in [-0.4, -0.2) is 24.6 Å². The molecule has 0 radical (unpaired) electrons. The normalized spacial score (nSPS) is 11.7. The zero-order valence-electron chi connectivity index (χ0n) is 12.9. The average Bonchev–Trinajstić information content (AvgIpc) is 2.93. The minimum absolute atomic E-state index is 0.0917. The molecule has 2 aromatic rings. The van der Waals surface area contributed by atoms with Crippen molar-refractivity contribution in [2.45, 2.75) is 31.2 Å². The molecule has 0 fully saturated rings. The summed E-state index contributed by atoms with van der Waals surface area (Å²) in [6, 6.07) is 3.75. The largest absolute Gasteiger partial charge is 0.378 e. The molecular weight excluding hydrogens is 338 g/mol. The maximum atomic E-state index is 11.9. The van der Waals surface area contributed by atoms with Gasteiger partial charge in [-0.15, -0.1) is 11.3 Å². The van der Waals surface area contributed by atoms with Crippen molar-refractivity contribution in [3.63, 3.8) is 0 Å². The van der Waals surface area contributed by atoms with Crippen LogP contribution in [0.25, 0.3) is 0 Å². The minimum Gasteiger partial charge on any atom is -0.378 e. The van der Waals surface area contributed by atoms with Gasteiger partial charge < -0.3 is 5.32 Å². The number of nitrogens with zero attached hydrogens (tertiary/aromatic N) is 2. The van der Waals surface area contributed by atoms with Crippen LogP contribution in [0.5, 0.6) is 0 Å². The van der Waals surface area contributed by atoms with Crippen LogP contribution in [-0.2, 0) is 16.4 Å². The van der Waals surface area contributed by atoms with E-state index in [0.717, 1.165) is 23.0 Å². The van der Waals surface area contributed by atoms with E-state index in [2.05, 4.69) is 10.3 Å². The molecule has 23 heavy (non-hydrogen) atoms. The van der Waals surface area contributed by atoms with Crippen molar-refractivity contribution in [3.8, 4) is 0 Å². The second-order valence-corrected chi connectivity index (χ2v) is 8.27. The van der Waals surface area contributed by atoms with Crippen LogP contribution >= 0.6 is 11.3 Å².